The molecule has 1 aliphatic rings. The van der Waals surface area contributed by atoms with E-state index in [1.807, 2.05) is 6.92 Å². The van der Waals surface area contributed by atoms with Gasteiger partial charge in [-0.3, -0.25) is 0 Å². The van der Waals surface area contributed by atoms with E-state index in [1.165, 1.54) is 25.3 Å². The second kappa shape index (κ2) is 6.19. The molecule has 1 unspecified atom stereocenters. The van der Waals surface area contributed by atoms with Gasteiger partial charge in [-0.1, -0.05) is 6.42 Å². The maximum atomic E-state index is 13.7. The van der Waals surface area contributed by atoms with Gasteiger partial charge in [0.1, 0.15) is 0 Å². The molecule has 1 aliphatic heterocycles. The van der Waals surface area contributed by atoms with E-state index >= 15 is 0 Å². The Hall–Kier alpha value is -1.36. The van der Waals surface area contributed by atoms with Crippen LogP contribution in [0.3, 0.4) is 0 Å². The second-order valence-electron chi connectivity index (χ2n) is 5.23. The lowest BCUT2D eigenvalue weighted by molar-refractivity contribution is 0.223. The summed E-state index contributed by atoms with van der Waals surface area (Å²) in [4.78, 5) is 2.34. The normalized spacial score (nSPS) is 18.3. The van der Waals surface area contributed by atoms with Gasteiger partial charge in [-0.05, 0) is 45.0 Å². The molecule has 0 aromatic heterocycles. The third-order valence-corrected chi connectivity index (χ3v) is 3.50. The first-order valence-corrected chi connectivity index (χ1v) is 6.80. The van der Waals surface area contributed by atoms with Crippen LogP contribution in [0.2, 0.25) is 0 Å². The number of nitrogens with two attached hydrogens (primary N) is 1. The summed E-state index contributed by atoms with van der Waals surface area (Å²) in [7, 11) is 0. The molecule has 0 radical (unpaired) electrons. The lowest BCUT2D eigenvalue weighted by Crippen LogP contribution is -2.38. The lowest BCUT2D eigenvalue weighted by Gasteiger charge is -2.30. The van der Waals surface area contributed by atoms with Crippen LogP contribution in [-0.4, -0.2) is 30.6 Å². The first-order chi connectivity index (χ1) is 9.08. The number of halogens is 2. The van der Waals surface area contributed by atoms with Crippen molar-refractivity contribution in [3.05, 3.63) is 23.8 Å². The predicted octanol–water partition coefficient (Wildman–Crippen LogP) is 2.83. The molecule has 0 aliphatic carbocycles. The zero-order chi connectivity index (χ0) is 13.8. The Morgan fingerprint density at radius 2 is 1.95 bits per heavy atom. The molecule has 1 atom stereocenters. The van der Waals surface area contributed by atoms with Gasteiger partial charge >= 0.3 is 0 Å². The highest BCUT2D eigenvalue weighted by Crippen LogP contribution is 2.25. The SMILES string of the molecule is CC(CN1CCCCC1)Nc1c(N)ccc(F)c1F. The molecule has 0 bridgehead atoms. The molecule has 19 heavy (non-hydrogen) atoms. The Labute approximate surface area is 112 Å². The summed E-state index contributed by atoms with van der Waals surface area (Å²) in [6, 6.07) is 2.45. The van der Waals surface area contributed by atoms with Gasteiger partial charge in [0, 0.05) is 12.6 Å². The molecule has 1 fully saturated rings. The van der Waals surface area contributed by atoms with E-state index in [1.54, 1.807) is 0 Å². The van der Waals surface area contributed by atoms with Gasteiger partial charge < -0.3 is 16.0 Å². The van der Waals surface area contributed by atoms with Gasteiger partial charge in [-0.15, -0.1) is 0 Å². The largest absolute Gasteiger partial charge is 0.397 e. The molecule has 1 heterocycles. The van der Waals surface area contributed by atoms with Gasteiger partial charge in [0.05, 0.1) is 11.4 Å². The van der Waals surface area contributed by atoms with E-state index in [-0.39, 0.29) is 17.4 Å². The maximum Gasteiger partial charge on any atom is 0.183 e. The number of nitrogen functional groups attached to an aromatic ring is 1. The molecule has 1 saturated heterocycles. The van der Waals surface area contributed by atoms with E-state index in [4.69, 9.17) is 5.73 Å². The molecule has 106 valence electrons. The molecule has 0 amide bonds. The third-order valence-electron chi connectivity index (χ3n) is 3.50. The molecule has 0 spiro atoms. The van der Waals surface area contributed by atoms with Crippen molar-refractivity contribution >= 4 is 11.4 Å². The first-order valence-electron chi connectivity index (χ1n) is 6.80. The van der Waals surface area contributed by atoms with Crippen LogP contribution in [0.4, 0.5) is 20.2 Å². The number of rotatable bonds is 4. The Morgan fingerprint density at radius 1 is 1.26 bits per heavy atom. The minimum absolute atomic E-state index is 0.0247. The molecule has 1 aromatic carbocycles. The summed E-state index contributed by atoms with van der Waals surface area (Å²) in [5.74, 6) is -1.77. The van der Waals surface area contributed by atoms with Crippen molar-refractivity contribution in [1.82, 2.24) is 4.90 Å². The summed E-state index contributed by atoms with van der Waals surface area (Å²) in [5.41, 5.74) is 6.00. The van der Waals surface area contributed by atoms with Crippen molar-refractivity contribution in [2.75, 3.05) is 30.7 Å². The smallest absolute Gasteiger partial charge is 0.183 e. The van der Waals surface area contributed by atoms with E-state index in [2.05, 4.69) is 10.2 Å². The van der Waals surface area contributed by atoms with Gasteiger partial charge in [0.25, 0.3) is 0 Å². The highest BCUT2D eigenvalue weighted by Gasteiger charge is 2.17. The summed E-state index contributed by atoms with van der Waals surface area (Å²) < 4.78 is 26.9. The number of piperidine rings is 1. The van der Waals surface area contributed by atoms with Crippen LogP contribution in [0, 0.1) is 11.6 Å². The van der Waals surface area contributed by atoms with Crippen LogP contribution in [0.5, 0.6) is 0 Å². The Morgan fingerprint density at radius 3 is 2.63 bits per heavy atom. The molecular formula is C14H21F2N3. The van der Waals surface area contributed by atoms with Crippen molar-refractivity contribution in [2.45, 2.75) is 32.2 Å². The quantitative estimate of drug-likeness (QED) is 0.826. The summed E-state index contributed by atoms with van der Waals surface area (Å²) in [6.45, 7) is 4.92. The number of anilines is 2. The van der Waals surface area contributed by atoms with Crippen molar-refractivity contribution in [3.63, 3.8) is 0 Å². The summed E-state index contributed by atoms with van der Waals surface area (Å²) >= 11 is 0. The second-order valence-corrected chi connectivity index (χ2v) is 5.23. The number of benzene rings is 1. The molecule has 5 heteroatoms. The van der Waals surface area contributed by atoms with Gasteiger partial charge in [-0.2, -0.15) is 0 Å². The van der Waals surface area contributed by atoms with Crippen molar-refractivity contribution in [3.8, 4) is 0 Å². The maximum absolute atomic E-state index is 13.7. The van der Waals surface area contributed by atoms with Crippen molar-refractivity contribution < 1.29 is 8.78 Å². The highest BCUT2D eigenvalue weighted by atomic mass is 19.2. The topological polar surface area (TPSA) is 41.3 Å². The third kappa shape index (κ3) is 3.56. The minimum Gasteiger partial charge on any atom is -0.397 e. The summed E-state index contributed by atoms with van der Waals surface area (Å²) in [6.07, 6.45) is 3.70. The standard InChI is InChI=1S/C14H21F2N3/c1-10(9-19-7-3-2-4-8-19)18-14-12(17)6-5-11(15)13(14)16/h5-6,10,18H,2-4,7-9,17H2,1H3. The molecule has 3 nitrogen and oxygen atoms in total. The fourth-order valence-electron chi connectivity index (χ4n) is 2.53. The Bertz CT molecular complexity index is 431. The average Bonchev–Trinajstić information content (AvgIpc) is 2.40. The van der Waals surface area contributed by atoms with E-state index in [9.17, 15) is 8.78 Å². The van der Waals surface area contributed by atoms with Gasteiger partial charge in [-0.25, -0.2) is 8.78 Å². The van der Waals surface area contributed by atoms with Crippen LogP contribution >= 0.6 is 0 Å². The molecule has 0 saturated carbocycles. The van der Waals surface area contributed by atoms with E-state index < -0.39 is 11.6 Å². The number of hydrogen-bond donors (Lipinski definition) is 2. The minimum atomic E-state index is -0.898. The fraction of sp³-hybridized carbons (Fsp3) is 0.571. The van der Waals surface area contributed by atoms with Crippen LogP contribution in [0.15, 0.2) is 12.1 Å². The van der Waals surface area contributed by atoms with Crippen LogP contribution in [-0.2, 0) is 0 Å². The Kier molecular flexibility index (Phi) is 4.58. The average molecular weight is 269 g/mol. The molecule has 3 N–H and O–H groups in total. The Balaban J connectivity index is 1.98. The number of nitrogens with one attached hydrogen (secondary N) is 1. The van der Waals surface area contributed by atoms with Gasteiger partial charge in [0.2, 0.25) is 0 Å². The highest BCUT2D eigenvalue weighted by molar-refractivity contribution is 5.67. The number of likely N-dealkylation sites (tertiary alicyclic amines) is 1. The molecule has 1 aromatic rings. The summed E-state index contributed by atoms with van der Waals surface area (Å²) in [5, 5.41) is 2.98. The number of nitrogens with zero attached hydrogens (tertiary/aromatic N) is 1. The van der Waals surface area contributed by atoms with Crippen molar-refractivity contribution in [1.29, 1.82) is 0 Å². The first kappa shape index (κ1) is 14.1. The zero-order valence-corrected chi connectivity index (χ0v) is 11.3. The predicted molar refractivity (Wildman–Crippen MR) is 74.1 cm³/mol. The van der Waals surface area contributed by atoms with Crippen LogP contribution < -0.4 is 11.1 Å². The van der Waals surface area contributed by atoms with E-state index in [0.717, 1.165) is 25.7 Å². The zero-order valence-electron chi connectivity index (χ0n) is 11.3. The molecule has 2 rings (SSSR count). The molecular weight excluding hydrogens is 248 g/mol. The monoisotopic (exact) mass is 269 g/mol. The van der Waals surface area contributed by atoms with E-state index in [0.29, 0.717) is 0 Å². The number of hydrogen-bond acceptors (Lipinski definition) is 3. The van der Waals surface area contributed by atoms with Gasteiger partial charge in [0.15, 0.2) is 11.6 Å². The lowest BCUT2D eigenvalue weighted by atomic mass is 10.1. The van der Waals surface area contributed by atoms with Crippen molar-refractivity contribution in [2.24, 2.45) is 0 Å². The van der Waals surface area contributed by atoms with Crippen LogP contribution in [0.25, 0.3) is 0 Å². The fourth-order valence-corrected chi connectivity index (χ4v) is 2.53. The van der Waals surface area contributed by atoms with Crippen LogP contribution in [0.1, 0.15) is 26.2 Å².